The molecule has 0 saturated carbocycles. The molecule has 9 aromatic rings. The smallest absolute Gasteiger partial charge is 0.179 e. The molecule has 0 radical (unpaired) electrons. The van der Waals surface area contributed by atoms with Crippen LogP contribution in [0.5, 0.6) is 0 Å². The largest absolute Gasteiger partial charge is 0.292 e. The van der Waals surface area contributed by atoms with E-state index in [-0.39, 0.29) is 0 Å². The Morgan fingerprint density at radius 2 is 1.09 bits per heavy atom. The Balaban J connectivity index is 1.30. The minimum Gasteiger partial charge on any atom is -0.292 e. The zero-order valence-corrected chi connectivity index (χ0v) is 24.4. The normalized spacial score (nSPS) is 11.6. The average molecular weight is 581 g/mol. The van der Waals surface area contributed by atoms with Crippen LogP contribution in [0.1, 0.15) is 0 Å². The van der Waals surface area contributed by atoms with Crippen molar-refractivity contribution in [1.82, 2.24) is 19.5 Å². The zero-order chi connectivity index (χ0) is 29.0. The molecule has 0 bridgehead atoms. The summed E-state index contributed by atoms with van der Waals surface area (Å²) in [6, 6.07) is 50.5. The highest BCUT2D eigenvalue weighted by Gasteiger charge is 2.19. The minimum atomic E-state index is 0.597. The van der Waals surface area contributed by atoms with Crippen LogP contribution in [0.3, 0.4) is 0 Å². The number of nitrogens with zero attached hydrogens (tertiary/aromatic N) is 4. The average Bonchev–Trinajstić information content (AvgIpc) is 3.65. The van der Waals surface area contributed by atoms with E-state index in [9.17, 15) is 0 Å². The molecule has 0 aliphatic heterocycles. The third-order valence-corrected chi connectivity index (χ3v) is 9.43. The first kappa shape index (κ1) is 24.9. The maximum atomic E-state index is 5.26. The molecule has 4 aromatic heterocycles. The Bertz CT molecular complexity index is 2440. The molecule has 0 fully saturated rings. The summed E-state index contributed by atoms with van der Waals surface area (Å²) >= 11 is 1.84. The maximum absolute atomic E-state index is 5.26. The lowest BCUT2D eigenvalue weighted by Crippen LogP contribution is -2.01. The number of para-hydroxylation sites is 1. The molecule has 0 amide bonds. The van der Waals surface area contributed by atoms with E-state index >= 15 is 0 Å². The summed E-state index contributed by atoms with van der Waals surface area (Å²) in [6.07, 6.45) is 0. The highest BCUT2D eigenvalue weighted by molar-refractivity contribution is 7.26. The Labute approximate surface area is 257 Å². The van der Waals surface area contributed by atoms with Crippen LogP contribution >= 0.6 is 11.3 Å². The molecule has 0 atom stereocenters. The van der Waals surface area contributed by atoms with Gasteiger partial charge in [0.25, 0.3) is 0 Å². The van der Waals surface area contributed by atoms with E-state index in [2.05, 4.69) is 108 Å². The second-order valence-electron chi connectivity index (χ2n) is 10.9. The molecule has 206 valence electrons. The summed E-state index contributed by atoms with van der Waals surface area (Å²) in [5, 5.41) is 4.99. The van der Waals surface area contributed by atoms with Gasteiger partial charge in [-0.3, -0.25) is 4.57 Å². The van der Waals surface area contributed by atoms with Gasteiger partial charge in [0.05, 0.1) is 27.1 Å². The van der Waals surface area contributed by atoms with Crippen molar-refractivity contribution in [3.63, 3.8) is 0 Å². The van der Waals surface area contributed by atoms with Crippen molar-refractivity contribution < 1.29 is 0 Å². The van der Waals surface area contributed by atoms with E-state index < -0.39 is 0 Å². The van der Waals surface area contributed by atoms with E-state index in [1.54, 1.807) is 0 Å². The van der Waals surface area contributed by atoms with Gasteiger partial charge < -0.3 is 0 Å². The molecule has 5 aromatic carbocycles. The number of hydrogen-bond donors (Lipinski definition) is 0. The topological polar surface area (TPSA) is 43.6 Å². The summed E-state index contributed by atoms with van der Waals surface area (Å²) in [5.41, 5.74) is 6.85. The van der Waals surface area contributed by atoms with E-state index in [1.807, 2.05) is 53.8 Å². The third-order valence-electron chi connectivity index (χ3n) is 8.24. The minimum absolute atomic E-state index is 0.597. The number of pyridine rings is 1. The lowest BCUT2D eigenvalue weighted by molar-refractivity contribution is 1.07. The summed E-state index contributed by atoms with van der Waals surface area (Å²) in [5.74, 6) is 1.44. The van der Waals surface area contributed by atoms with Gasteiger partial charge in [-0.05, 0) is 30.3 Å². The van der Waals surface area contributed by atoms with Crippen molar-refractivity contribution in [1.29, 1.82) is 0 Å². The molecule has 9 rings (SSSR count). The van der Waals surface area contributed by atoms with Crippen molar-refractivity contribution in [3.05, 3.63) is 146 Å². The van der Waals surface area contributed by atoms with E-state index in [1.165, 1.54) is 36.5 Å². The van der Waals surface area contributed by atoms with Crippen LogP contribution in [0.4, 0.5) is 0 Å². The predicted octanol–water partition coefficient (Wildman–Crippen LogP) is 10.3. The van der Waals surface area contributed by atoms with Crippen LogP contribution in [0.15, 0.2) is 146 Å². The Morgan fingerprint density at radius 3 is 1.84 bits per heavy atom. The molecule has 5 heteroatoms. The van der Waals surface area contributed by atoms with Crippen LogP contribution < -0.4 is 0 Å². The second-order valence-corrected chi connectivity index (χ2v) is 11.9. The molecular formula is C39H24N4S. The van der Waals surface area contributed by atoms with Crippen LogP contribution in [-0.2, 0) is 0 Å². The van der Waals surface area contributed by atoms with Gasteiger partial charge in [-0.25, -0.2) is 15.0 Å². The van der Waals surface area contributed by atoms with Crippen molar-refractivity contribution >= 4 is 53.3 Å². The molecule has 0 aliphatic carbocycles. The van der Waals surface area contributed by atoms with Crippen molar-refractivity contribution in [3.8, 4) is 39.9 Å². The molecule has 0 unspecified atom stereocenters. The molecule has 4 heterocycles. The fourth-order valence-corrected chi connectivity index (χ4v) is 7.46. The number of aromatic nitrogens is 4. The van der Waals surface area contributed by atoms with Gasteiger partial charge in [-0.1, -0.05) is 115 Å². The lowest BCUT2D eigenvalue weighted by Gasteiger charge is -2.11. The lowest BCUT2D eigenvalue weighted by atomic mass is 10.1. The fraction of sp³-hybridized carbons (Fsp3) is 0. The van der Waals surface area contributed by atoms with Crippen molar-refractivity contribution in [2.24, 2.45) is 0 Å². The van der Waals surface area contributed by atoms with Crippen LogP contribution in [0.25, 0.3) is 81.8 Å². The van der Waals surface area contributed by atoms with E-state index in [4.69, 9.17) is 15.0 Å². The van der Waals surface area contributed by atoms with E-state index in [0.717, 1.165) is 39.5 Å². The first-order valence-corrected chi connectivity index (χ1v) is 15.4. The predicted molar refractivity (Wildman–Crippen MR) is 183 cm³/mol. The van der Waals surface area contributed by atoms with Gasteiger partial charge in [-0.15, -0.1) is 11.3 Å². The molecule has 0 aliphatic rings. The summed E-state index contributed by atoms with van der Waals surface area (Å²) < 4.78 is 4.86. The molecular weight excluding hydrogens is 557 g/mol. The molecule has 0 N–H and O–H groups in total. The SMILES string of the molecule is c1ccc(-c2cc(-c3ccccc3)nc(-c3cccc(-n4c5ccccc5c5ccc6c7ccccc7sc6c54)n3)n2)cc1. The van der Waals surface area contributed by atoms with Crippen LogP contribution in [0.2, 0.25) is 0 Å². The monoisotopic (exact) mass is 580 g/mol. The summed E-state index contributed by atoms with van der Waals surface area (Å²) in [7, 11) is 0. The van der Waals surface area contributed by atoms with Gasteiger partial charge in [0.1, 0.15) is 11.5 Å². The van der Waals surface area contributed by atoms with Gasteiger partial charge in [0.15, 0.2) is 5.82 Å². The summed E-state index contributed by atoms with van der Waals surface area (Å²) in [4.78, 5) is 15.3. The quantitative estimate of drug-likeness (QED) is 0.208. The number of benzene rings is 5. The van der Waals surface area contributed by atoms with Gasteiger partial charge >= 0.3 is 0 Å². The fourth-order valence-electron chi connectivity index (χ4n) is 6.22. The summed E-state index contributed by atoms with van der Waals surface area (Å²) in [6.45, 7) is 0. The van der Waals surface area contributed by atoms with Gasteiger partial charge in [0.2, 0.25) is 0 Å². The zero-order valence-electron chi connectivity index (χ0n) is 23.6. The Kier molecular flexibility index (Phi) is 5.64. The second kappa shape index (κ2) is 9.97. The number of fused-ring (bicyclic) bond motifs is 7. The number of thiophene rings is 1. The Morgan fingerprint density at radius 1 is 0.455 bits per heavy atom. The van der Waals surface area contributed by atoms with Crippen molar-refractivity contribution in [2.75, 3.05) is 0 Å². The highest BCUT2D eigenvalue weighted by Crippen LogP contribution is 2.42. The Hall–Kier alpha value is -5.65. The first-order valence-electron chi connectivity index (χ1n) is 14.6. The van der Waals surface area contributed by atoms with Crippen LogP contribution in [0, 0.1) is 0 Å². The number of hydrogen-bond acceptors (Lipinski definition) is 4. The van der Waals surface area contributed by atoms with Crippen molar-refractivity contribution in [2.45, 2.75) is 0 Å². The van der Waals surface area contributed by atoms with Gasteiger partial charge in [-0.2, -0.15) is 0 Å². The molecule has 0 spiro atoms. The molecule has 44 heavy (non-hydrogen) atoms. The highest BCUT2D eigenvalue weighted by atomic mass is 32.1. The van der Waals surface area contributed by atoms with Crippen LogP contribution in [-0.4, -0.2) is 19.5 Å². The molecule has 4 nitrogen and oxygen atoms in total. The third kappa shape index (κ3) is 3.94. The maximum Gasteiger partial charge on any atom is 0.179 e. The number of rotatable bonds is 4. The molecule has 0 saturated heterocycles. The first-order chi connectivity index (χ1) is 21.8. The van der Waals surface area contributed by atoms with Gasteiger partial charge in [0, 0.05) is 37.4 Å². The standard InChI is InChI=1S/C39H24N4S/c1-3-12-25(13-4-1)32-24-33(26-14-5-2-6-15-26)42-39(41-32)31-18-11-21-36(40-31)43-34-19-9-7-16-27(34)29-22-23-30-28-17-8-10-20-35(28)44-38(30)37(29)43/h1-24H. The van der Waals surface area contributed by atoms with E-state index in [0.29, 0.717) is 5.82 Å².